The minimum absolute atomic E-state index is 0. The Morgan fingerprint density at radius 2 is 1.33 bits per heavy atom. The molecular weight excluding hydrogens is 744 g/mol. The fraction of sp³-hybridized carbons (Fsp3) is 0.0625. The normalized spacial score (nSPS) is 13.2. The standard InChI is InChI=1S/C32H16F5N5.Pt/c33-28-16-15-21(30(34)40-28)24-11-5-12-25(38-24)31(22-9-3-1-7-19(22)20-8-2-4-10-23(20)31)26-13-6-14-29(39-26)42-18-17-27(41-42)32(35,36)37;/h1-14,16-17H;/q-2;+2. The molecule has 0 aliphatic heterocycles. The van der Waals surface area contributed by atoms with E-state index in [0.29, 0.717) is 11.4 Å². The average molecular weight is 761 g/mol. The number of hydrogen-bond donors (Lipinski definition) is 0. The second-order valence-electron chi connectivity index (χ2n) is 9.59. The zero-order valence-electron chi connectivity index (χ0n) is 21.7. The molecule has 0 saturated heterocycles. The second-order valence-corrected chi connectivity index (χ2v) is 9.59. The Labute approximate surface area is 256 Å². The van der Waals surface area contributed by atoms with E-state index >= 15 is 0 Å². The molecule has 7 rings (SSSR count). The summed E-state index contributed by atoms with van der Waals surface area (Å²) in [5, 5.41) is 3.65. The predicted molar refractivity (Wildman–Crippen MR) is 142 cm³/mol. The Morgan fingerprint density at radius 3 is 1.95 bits per heavy atom. The summed E-state index contributed by atoms with van der Waals surface area (Å²) in [5.74, 6) is -1.95. The van der Waals surface area contributed by atoms with Crippen LogP contribution in [0.5, 0.6) is 0 Å². The Bertz CT molecular complexity index is 1940. The zero-order chi connectivity index (χ0) is 29.1. The smallest absolute Gasteiger partial charge is 0.343 e. The molecule has 2 aromatic carbocycles. The molecule has 0 bridgehead atoms. The van der Waals surface area contributed by atoms with Crippen LogP contribution in [0.15, 0.2) is 97.1 Å². The molecule has 0 N–H and O–H groups in total. The van der Waals surface area contributed by atoms with Crippen molar-refractivity contribution < 1.29 is 43.0 Å². The van der Waals surface area contributed by atoms with Crippen molar-refractivity contribution in [1.82, 2.24) is 24.7 Å². The van der Waals surface area contributed by atoms with Gasteiger partial charge in [-0.3, -0.25) is 20.1 Å². The molecule has 0 unspecified atom stereocenters. The summed E-state index contributed by atoms with van der Waals surface area (Å²) in [5.41, 5.74) is 2.18. The van der Waals surface area contributed by atoms with Crippen molar-refractivity contribution >= 4 is 0 Å². The molecule has 11 heteroatoms. The van der Waals surface area contributed by atoms with Gasteiger partial charge in [-0.25, -0.2) is 8.78 Å². The molecular formula is C32H16F5N5Pt. The van der Waals surface area contributed by atoms with Crippen molar-refractivity contribution in [2.24, 2.45) is 0 Å². The molecule has 0 radical (unpaired) electrons. The maximum absolute atomic E-state index is 14.7. The molecule has 1 aliphatic rings. The molecule has 43 heavy (non-hydrogen) atoms. The van der Waals surface area contributed by atoms with Gasteiger partial charge in [0.15, 0.2) is 0 Å². The molecule has 5 nitrogen and oxygen atoms in total. The van der Waals surface area contributed by atoms with Crippen LogP contribution < -0.4 is 0 Å². The predicted octanol–water partition coefficient (Wildman–Crippen LogP) is 6.98. The Balaban J connectivity index is 0.00000329. The quantitative estimate of drug-likeness (QED) is 0.111. The van der Waals surface area contributed by atoms with E-state index < -0.39 is 29.2 Å². The Hall–Kier alpha value is -4.56. The van der Waals surface area contributed by atoms with Gasteiger partial charge in [0.05, 0.1) is 17.2 Å². The van der Waals surface area contributed by atoms with Crippen LogP contribution >= 0.6 is 0 Å². The fourth-order valence-corrected chi connectivity index (χ4v) is 5.55. The molecule has 0 fully saturated rings. The van der Waals surface area contributed by atoms with Crippen molar-refractivity contribution in [2.45, 2.75) is 11.6 Å². The summed E-state index contributed by atoms with van der Waals surface area (Å²) in [4.78, 5) is 12.9. The van der Waals surface area contributed by atoms with Crippen molar-refractivity contribution in [3.05, 3.63) is 149 Å². The minimum Gasteiger partial charge on any atom is -0.343 e. The number of fused-ring (bicyclic) bond motifs is 3. The van der Waals surface area contributed by atoms with E-state index in [0.717, 1.165) is 39.1 Å². The number of benzene rings is 2. The molecule has 0 amide bonds. The van der Waals surface area contributed by atoms with Gasteiger partial charge >= 0.3 is 27.2 Å². The second kappa shape index (κ2) is 10.6. The maximum atomic E-state index is 14.7. The summed E-state index contributed by atoms with van der Waals surface area (Å²) >= 11 is 0. The van der Waals surface area contributed by atoms with Gasteiger partial charge in [0.25, 0.3) is 0 Å². The van der Waals surface area contributed by atoms with Gasteiger partial charge in [0, 0.05) is 5.69 Å². The van der Waals surface area contributed by atoms with Crippen molar-refractivity contribution in [2.75, 3.05) is 0 Å². The molecule has 214 valence electrons. The van der Waals surface area contributed by atoms with E-state index in [4.69, 9.17) is 9.97 Å². The topological polar surface area (TPSA) is 56.5 Å². The van der Waals surface area contributed by atoms with Gasteiger partial charge in [-0.1, -0.05) is 90.6 Å². The number of rotatable bonds is 4. The van der Waals surface area contributed by atoms with Crippen LogP contribution in [0.4, 0.5) is 22.0 Å². The fourth-order valence-electron chi connectivity index (χ4n) is 5.55. The third-order valence-electron chi connectivity index (χ3n) is 7.25. The summed E-state index contributed by atoms with van der Waals surface area (Å²) in [6.45, 7) is 0. The number of alkyl halides is 3. The van der Waals surface area contributed by atoms with Crippen LogP contribution in [-0.4, -0.2) is 24.7 Å². The number of halogens is 5. The van der Waals surface area contributed by atoms with Crippen LogP contribution in [0.3, 0.4) is 0 Å². The van der Waals surface area contributed by atoms with Gasteiger partial charge in [0.2, 0.25) is 0 Å². The van der Waals surface area contributed by atoms with E-state index in [-0.39, 0.29) is 38.1 Å². The largest absolute Gasteiger partial charge is 2.00 e. The van der Waals surface area contributed by atoms with E-state index in [1.807, 2.05) is 48.5 Å². The summed E-state index contributed by atoms with van der Waals surface area (Å²) in [7, 11) is 0. The maximum Gasteiger partial charge on any atom is 2.00 e. The first-order chi connectivity index (χ1) is 20.3. The molecule has 6 aromatic rings. The van der Waals surface area contributed by atoms with Gasteiger partial charge in [-0.2, -0.15) is 13.2 Å². The van der Waals surface area contributed by atoms with Crippen molar-refractivity contribution in [1.29, 1.82) is 0 Å². The zero-order valence-corrected chi connectivity index (χ0v) is 24.0. The summed E-state index contributed by atoms with van der Waals surface area (Å²) in [6.07, 6.45) is -2.14. The average Bonchev–Trinajstić information content (AvgIpc) is 3.61. The first-order valence-corrected chi connectivity index (χ1v) is 12.7. The molecule has 1 aliphatic carbocycles. The summed E-state index contributed by atoms with van der Waals surface area (Å²) < 4.78 is 69.2. The van der Waals surface area contributed by atoms with E-state index in [1.165, 1.54) is 6.07 Å². The molecule has 0 saturated carbocycles. The van der Waals surface area contributed by atoms with Crippen LogP contribution in [-0.2, 0) is 32.7 Å². The molecule has 0 spiro atoms. The first-order valence-electron chi connectivity index (χ1n) is 12.7. The Morgan fingerprint density at radius 1 is 0.698 bits per heavy atom. The third kappa shape index (κ3) is 4.57. The van der Waals surface area contributed by atoms with Crippen LogP contribution in [0, 0.1) is 24.2 Å². The number of nitrogens with zero attached hydrogens (tertiary/aromatic N) is 5. The molecule has 4 heterocycles. The van der Waals surface area contributed by atoms with E-state index in [9.17, 15) is 22.0 Å². The van der Waals surface area contributed by atoms with Crippen molar-refractivity contribution in [3.63, 3.8) is 0 Å². The number of pyridine rings is 3. The third-order valence-corrected chi connectivity index (χ3v) is 7.25. The monoisotopic (exact) mass is 760 g/mol. The van der Waals surface area contributed by atoms with Crippen LogP contribution in [0.25, 0.3) is 28.2 Å². The van der Waals surface area contributed by atoms with Gasteiger partial charge in [-0.05, 0) is 40.1 Å². The minimum atomic E-state index is -4.64. The number of aromatic nitrogens is 5. The van der Waals surface area contributed by atoms with E-state index in [2.05, 4.69) is 22.3 Å². The molecule has 0 atom stereocenters. The SMILES string of the molecule is Fc1c[c-]c(-c2cccc(C3(c4cccc(-n5[c-]cc(C(F)(F)F)n5)n4)c4ccccc4-c4ccccc43)n2)c(F)n1.[Pt+2]. The van der Waals surface area contributed by atoms with Crippen LogP contribution in [0.1, 0.15) is 28.2 Å². The van der Waals surface area contributed by atoms with Crippen LogP contribution in [0.2, 0.25) is 0 Å². The van der Waals surface area contributed by atoms with Gasteiger partial charge in [0.1, 0.15) is 17.3 Å². The Kier molecular flexibility index (Phi) is 7.05. The van der Waals surface area contributed by atoms with E-state index in [1.54, 1.807) is 30.3 Å². The number of hydrogen-bond acceptors (Lipinski definition) is 4. The van der Waals surface area contributed by atoms with Gasteiger partial charge < -0.3 is 4.68 Å². The summed E-state index contributed by atoms with van der Waals surface area (Å²) in [6, 6.07) is 29.7. The van der Waals surface area contributed by atoms with Gasteiger partial charge in [-0.15, -0.1) is 12.1 Å². The first kappa shape index (κ1) is 28.6. The molecule has 4 aromatic heterocycles. The van der Waals surface area contributed by atoms with Crippen molar-refractivity contribution in [3.8, 4) is 28.2 Å².